The van der Waals surface area contributed by atoms with E-state index in [1.54, 1.807) is 18.2 Å². The molecule has 1 amide bonds. The molecule has 1 aliphatic rings. The number of ether oxygens (including phenoxy) is 3. The third-order valence-electron chi connectivity index (χ3n) is 4.39. The van der Waals surface area contributed by atoms with Crippen LogP contribution >= 0.6 is 35.6 Å². The van der Waals surface area contributed by atoms with Crippen LogP contribution < -0.4 is 19.5 Å². The molecule has 1 heterocycles. The van der Waals surface area contributed by atoms with E-state index in [2.05, 4.69) is 18.3 Å². The number of carbonyl (C=O) groups excluding carboxylic acids is 1. The molecule has 5 nitrogen and oxygen atoms in total. The number of amides is 1. The molecule has 0 aromatic heterocycles. The number of thioether (sulfide) groups is 1. The Kier molecular flexibility index (Phi) is 8.23. The minimum Gasteiger partial charge on any atom is -0.493 e. The van der Waals surface area contributed by atoms with E-state index in [0.29, 0.717) is 52.0 Å². The Hall–Kier alpha value is -2.22. The largest absolute Gasteiger partial charge is 0.493 e. The zero-order valence-corrected chi connectivity index (χ0v) is 20.0. The lowest BCUT2D eigenvalue weighted by Gasteiger charge is -2.15. The lowest BCUT2D eigenvalue weighted by Crippen LogP contribution is -2.17. The lowest BCUT2D eigenvalue weighted by atomic mass is 10.1. The fourth-order valence-corrected chi connectivity index (χ4v) is 4.34. The van der Waals surface area contributed by atoms with Crippen LogP contribution in [0.2, 0.25) is 5.02 Å². The maximum atomic E-state index is 11.9. The van der Waals surface area contributed by atoms with Gasteiger partial charge in [0.1, 0.15) is 10.1 Å². The van der Waals surface area contributed by atoms with Crippen molar-refractivity contribution in [1.29, 1.82) is 0 Å². The van der Waals surface area contributed by atoms with Crippen LogP contribution in [0, 0.1) is 13.8 Å². The summed E-state index contributed by atoms with van der Waals surface area (Å²) in [5.74, 6) is 1.68. The number of nitrogens with one attached hydrogen (secondary N) is 1. The Morgan fingerprint density at radius 3 is 2.55 bits per heavy atom. The van der Waals surface area contributed by atoms with Crippen molar-refractivity contribution in [3.63, 3.8) is 0 Å². The minimum atomic E-state index is -0.215. The number of carbonyl (C=O) groups is 1. The second kappa shape index (κ2) is 10.9. The zero-order chi connectivity index (χ0) is 22.4. The molecule has 2 aromatic carbocycles. The van der Waals surface area contributed by atoms with Gasteiger partial charge in [0, 0.05) is 6.42 Å². The van der Waals surface area contributed by atoms with Crippen LogP contribution in [-0.2, 0) is 4.79 Å². The average Bonchev–Trinajstić information content (AvgIpc) is 3.01. The van der Waals surface area contributed by atoms with Gasteiger partial charge in [-0.2, -0.15) is 0 Å². The van der Waals surface area contributed by atoms with Crippen LogP contribution in [0.4, 0.5) is 0 Å². The van der Waals surface area contributed by atoms with Crippen LogP contribution in [0.1, 0.15) is 30.0 Å². The molecule has 1 fully saturated rings. The van der Waals surface area contributed by atoms with Gasteiger partial charge in [0.25, 0.3) is 5.91 Å². The number of benzene rings is 2. The Labute approximate surface area is 197 Å². The van der Waals surface area contributed by atoms with Gasteiger partial charge in [-0.15, -0.1) is 0 Å². The molecule has 0 radical (unpaired) electrons. The highest BCUT2D eigenvalue weighted by Crippen LogP contribution is 2.38. The fraction of sp³-hybridized carbons (Fsp3) is 0.304. The summed E-state index contributed by atoms with van der Waals surface area (Å²) in [5, 5.41) is 3.01. The lowest BCUT2D eigenvalue weighted by molar-refractivity contribution is -0.115. The molecule has 3 rings (SSSR count). The van der Waals surface area contributed by atoms with Gasteiger partial charge in [-0.1, -0.05) is 53.3 Å². The van der Waals surface area contributed by atoms with Crippen LogP contribution in [0.3, 0.4) is 0 Å². The molecular weight excluding hydrogens is 454 g/mol. The van der Waals surface area contributed by atoms with Gasteiger partial charge < -0.3 is 19.5 Å². The molecule has 1 saturated heterocycles. The highest BCUT2D eigenvalue weighted by Gasteiger charge is 2.22. The van der Waals surface area contributed by atoms with Gasteiger partial charge in [-0.05, 0) is 56.2 Å². The van der Waals surface area contributed by atoms with Crippen LogP contribution in [0.5, 0.6) is 17.2 Å². The highest BCUT2D eigenvalue weighted by molar-refractivity contribution is 8.26. The van der Waals surface area contributed by atoms with Gasteiger partial charge in [-0.25, -0.2) is 0 Å². The molecule has 8 heteroatoms. The van der Waals surface area contributed by atoms with E-state index >= 15 is 0 Å². The minimum absolute atomic E-state index is 0.215. The summed E-state index contributed by atoms with van der Waals surface area (Å²) in [6, 6.07) is 9.66. The summed E-state index contributed by atoms with van der Waals surface area (Å²) >= 11 is 12.7. The van der Waals surface area contributed by atoms with E-state index in [1.807, 2.05) is 26.0 Å². The Morgan fingerprint density at radius 1 is 1.10 bits per heavy atom. The van der Waals surface area contributed by atoms with Gasteiger partial charge in [-0.3, -0.25) is 4.79 Å². The summed E-state index contributed by atoms with van der Waals surface area (Å²) in [6.45, 7) is 7.40. The van der Waals surface area contributed by atoms with Crippen molar-refractivity contribution in [2.24, 2.45) is 0 Å². The van der Waals surface area contributed by atoms with Crippen molar-refractivity contribution in [2.45, 2.75) is 27.2 Å². The van der Waals surface area contributed by atoms with Crippen molar-refractivity contribution in [3.05, 3.63) is 56.9 Å². The third kappa shape index (κ3) is 6.38. The topological polar surface area (TPSA) is 56.8 Å². The number of aryl methyl sites for hydroxylation is 2. The molecule has 0 unspecified atom stereocenters. The fourth-order valence-electron chi connectivity index (χ4n) is 3.02. The Balaban J connectivity index is 1.63. The molecule has 0 bridgehead atoms. The van der Waals surface area contributed by atoms with Gasteiger partial charge in [0.2, 0.25) is 0 Å². The molecule has 0 atom stereocenters. The number of rotatable bonds is 9. The first-order valence-electron chi connectivity index (χ1n) is 9.91. The zero-order valence-electron chi connectivity index (χ0n) is 17.6. The van der Waals surface area contributed by atoms with Crippen molar-refractivity contribution in [3.8, 4) is 17.2 Å². The normalized spacial score (nSPS) is 14.6. The summed E-state index contributed by atoms with van der Waals surface area (Å²) in [6.07, 6.45) is 2.42. The highest BCUT2D eigenvalue weighted by atomic mass is 35.5. The van der Waals surface area contributed by atoms with E-state index < -0.39 is 0 Å². The first-order chi connectivity index (χ1) is 14.9. The second-order valence-corrected chi connectivity index (χ2v) is 9.06. The molecular formula is C23H24ClNO4S2. The van der Waals surface area contributed by atoms with Crippen molar-refractivity contribution in [2.75, 3.05) is 19.8 Å². The first kappa shape index (κ1) is 23.4. The number of thiocarbonyl (C=S) groups is 1. The van der Waals surface area contributed by atoms with E-state index in [4.69, 9.17) is 38.0 Å². The van der Waals surface area contributed by atoms with E-state index in [1.165, 1.54) is 17.3 Å². The molecule has 2 aromatic rings. The molecule has 1 aliphatic heterocycles. The molecule has 31 heavy (non-hydrogen) atoms. The molecule has 0 saturated carbocycles. The number of halogens is 1. The summed E-state index contributed by atoms with van der Waals surface area (Å²) in [7, 11) is 0. The summed E-state index contributed by atoms with van der Waals surface area (Å²) in [4.78, 5) is 12.4. The van der Waals surface area contributed by atoms with Crippen LogP contribution in [-0.4, -0.2) is 30.0 Å². The summed E-state index contributed by atoms with van der Waals surface area (Å²) in [5.41, 5.74) is 3.06. The standard InChI is InChI=1S/C23H24ClNO4S2/c1-4-27-19-12-16(13-20-22(26)25-23(30)31-20)11-17(24)21(19)29-9-5-8-28-18-7-6-14(2)10-15(18)3/h6-7,10-13H,4-5,8-9H2,1-3H3,(H,25,26,30). The molecule has 164 valence electrons. The predicted molar refractivity (Wildman–Crippen MR) is 130 cm³/mol. The van der Waals surface area contributed by atoms with Gasteiger partial charge in [0.15, 0.2) is 11.5 Å². The Morgan fingerprint density at radius 2 is 1.87 bits per heavy atom. The second-order valence-electron chi connectivity index (χ2n) is 6.93. The Bertz CT molecular complexity index is 1020. The monoisotopic (exact) mass is 477 g/mol. The van der Waals surface area contributed by atoms with E-state index in [-0.39, 0.29) is 5.91 Å². The number of hydrogen-bond acceptors (Lipinski definition) is 6. The quantitative estimate of drug-likeness (QED) is 0.284. The molecule has 1 N–H and O–H groups in total. The maximum absolute atomic E-state index is 11.9. The smallest absolute Gasteiger partial charge is 0.263 e. The van der Waals surface area contributed by atoms with Gasteiger partial charge in [0.05, 0.1) is 29.7 Å². The maximum Gasteiger partial charge on any atom is 0.263 e. The molecule has 0 aliphatic carbocycles. The van der Waals surface area contributed by atoms with Crippen molar-refractivity contribution >= 4 is 51.9 Å². The molecule has 0 spiro atoms. The van der Waals surface area contributed by atoms with Gasteiger partial charge >= 0.3 is 0 Å². The first-order valence-corrected chi connectivity index (χ1v) is 11.5. The average molecular weight is 478 g/mol. The van der Waals surface area contributed by atoms with Crippen molar-refractivity contribution < 1.29 is 19.0 Å². The van der Waals surface area contributed by atoms with Crippen LogP contribution in [0.25, 0.3) is 6.08 Å². The van der Waals surface area contributed by atoms with E-state index in [0.717, 1.165) is 16.9 Å². The predicted octanol–water partition coefficient (Wildman–Crippen LogP) is 5.69. The summed E-state index contributed by atoms with van der Waals surface area (Å²) < 4.78 is 17.9. The van der Waals surface area contributed by atoms with E-state index in [9.17, 15) is 4.79 Å². The number of hydrogen-bond donors (Lipinski definition) is 1. The third-order valence-corrected chi connectivity index (χ3v) is 5.84. The SMILES string of the molecule is CCOc1cc(C=C2SC(=S)NC2=O)cc(Cl)c1OCCCOc1ccc(C)cc1C. The van der Waals surface area contributed by atoms with Crippen LogP contribution in [0.15, 0.2) is 35.2 Å². The van der Waals surface area contributed by atoms with Crippen molar-refractivity contribution in [1.82, 2.24) is 5.32 Å².